The largest absolute Gasteiger partial charge is 0.383 e. The van der Waals surface area contributed by atoms with E-state index in [0.29, 0.717) is 23.8 Å². The quantitative estimate of drug-likeness (QED) is 0.779. The molecule has 0 atom stereocenters. The maximum absolute atomic E-state index is 11.7. The molecule has 1 aliphatic heterocycles. The molecule has 0 bridgehead atoms. The number of nitrogens with zero attached hydrogens (tertiary/aromatic N) is 2. The van der Waals surface area contributed by atoms with Gasteiger partial charge in [-0.25, -0.2) is 0 Å². The smallest absolute Gasteiger partial charge is 0.257 e. The summed E-state index contributed by atoms with van der Waals surface area (Å²) in [5.74, 6) is 0.992. The van der Waals surface area contributed by atoms with Crippen molar-refractivity contribution in [2.45, 2.75) is 32.6 Å². The molecular formula is C11H18N4O. The second-order valence-corrected chi connectivity index (χ2v) is 4.15. The Hall–Kier alpha value is -1.52. The number of hydrogen-bond donors (Lipinski definition) is 2. The number of hydrogen-bond acceptors (Lipinski definition) is 4. The predicted molar refractivity (Wildman–Crippen MR) is 64.7 cm³/mol. The van der Waals surface area contributed by atoms with E-state index in [1.807, 2.05) is 6.92 Å². The van der Waals surface area contributed by atoms with E-state index in [9.17, 15) is 4.79 Å². The summed E-state index contributed by atoms with van der Waals surface area (Å²) in [7, 11) is 0. The van der Waals surface area contributed by atoms with E-state index in [4.69, 9.17) is 5.73 Å². The summed E-state index contributed by atoms with van der Waals surface area (Å²) in [5.41, 5.74) is 6.26. The molecule has 88 valence electrons. The van der Waals surface area contributed by atoms with Crippen molar-refractivity contribution in [2.75, 3.05) is 23.7 Å². The molecule has 3 N–H and O–H groups in total. The number of aromatic amines is 1. The Labute approximate surface area is 94.7 Å². The van der Waals surface area contributed by atoms with E-state index in [1.165, 1.54) is 6.42 Å². The van der Waals surface area contributed by atoms with Crippen LogP contribution in [0.1, 0.15) is 31.7 Å². The van der Waals surface area contributed by atoms with Gasteiger partial charge >= 0.3 is 0 Å². The van der Waals surface area contributed by atoms with Gasteiger partial charge in [0.25, 0.3) is 5.56 Å². The fourth-order valence-electron chi connectivity index (χ4n) is 2.10. The van der Waals surface area contributed by atoms with Crippen LogP contribution in [0.5, 0.6) is 0 Å². The van der Waals surface area contributed by atoms with E-state index in [-0.39, 0.29) is 5.56 Å². The molecule has 0 saturated carbocycles. The Kier molecular flexibility index (Phi) is 3.12. The highest BCUT2D eigenvalue weighted by Crippen LogP contribution is 2.16. The van der Waals surface area contributed by atoms with Crippen LogP contribution < -0.4 is 16.2 Å². The molecule has 5 nitrogen and oxygen atoms in total. The fourth-order valence-corrected chi connectivity index (χ4v) is 2.10. The highest BCUT2D eigenvalue weighted by atomic mass is 16.1. The Bertz CT molecular complexity index is 420. The number of H-pyrrole nitrogens is 1. The minimum Gasteiger partial charge on any atom is -0.383 e. The normalized spacial score (nSPS) is 16.4. The van der Waals surface area contributed by atoms with Crippen LogP contribution in [0.25, 0.3) is 0 Å². The number of nitrogens with two attached hydrogens (primary N) is 1. The summed E-state index contributed by atoms with van der Waals surface area (Å²) < 4.78 is 0. The molecule has 2 rings (SSSR count). The molecule has 1 fully saturated rings. The number of aromatic nitrogens is 2. The minimum absolute atomic E-state index is 0.101. The third-order valence-electron chi connectivity index (χ3n) is 3.04. The lowest BCUT2D eigenvalue weighted by Gasteiger charge is -2.27. The van der Waals surface area contributed by atoms with Crippen LogP contribution in [0.3, 0.4) is 0 Å². The molecule has 0 spiro atoms. The molecule has 0 aliphatic carbocycles. The summed E-state index contributed by atoms with van der Waals surface area (Å²) >= 11 is 0. The van der Waals surface area contributed by atoms with Gasteiger partial charge < -0.3 is 10.6 Å². The van der Waals surface area contributed by atoms with Gasteiger partial charge in [-0.3, -0.25) is 9.78 Å². The summed E-state index contributed by atoms with van der Waals surface area (Å²) in [5, 5.41) is 0. The van der Waals surface area contributed by atoms with Crippen molar-refractivity contribution in [3.8, 4) is 0 Å². The predicted octanol–water partition coefficient (Wildman–Crippen LogP) is 0.905. The van der Waals surface area contributed by atoms with Gasteiger partial charge in [0.15, 0.2) is 0 Å². The molecule has 5 heteroatoms. The summed E-state index contributed by atoms with van der Waals surface area (Å²) in [6, 6.07) is 0. The SMILES string of the molecule is CCc1c(N)nc(N2CCCCC2)[nH]c1=O. The molecule has 0 radical (unpaired) electrons. The maximum atomic E-state index is 11.7. The van der Waals surface area contributed by atoms with Crippen LogP contribution in [-0.4, -0.2) is 23.1 Å². The van der Waals surface area contributed by atoms with Gasteiger partial charge in [0, 0.05) is 13.1 Å². The molecule has 0 aromatic carbocycles. The number of rotatable bonds is 2. The molecular weight excluding hydrogens is 204 g/mol. The first-order valence-corrected chi connectivity index (χ1v) is 5.86. The molecule has 16 heavy (non-hydrogen) atoms. The molecule has 1 saturated heterocycles. The Morgan fingerprint density at radius 1 is 1.38 bits per heavy atom. The third-order valence-corrected chi connectivity index (χ3v) is 3.04. The fraction of sp³-hybridized carbons (Fsp3) is 0.636. The topological polar surface area (TPSA) is 75.0 Å². The van der Waals surface area contributed by atoms with Gasteiger partial charge in [-0.2, -0.15) is 4.98 Å². The van der Waals surface area contributed by atoms with Crippen molar-refractivity contribution in [2.24, 2.45) is 0 Å². The lowest BCUT2D eigenvalue weighted by molar-refractivity contribution is 0.567. The van der Waals surface area contributed by atoms with E-state index in [0.717, 1.165) is 25.9 Å². The van der Waals surface area contributed by atoms with Crippen molar-refractivity contribution in [1.82, 2.24) is 9.97 Å². The van der Waals surface area contributed by atoms with Gasteiger partial charge in [0.05, 0.1) is 5.56 Å². The Morgan fingerprint density at radius 2 is 2.06 bits per heavy atom. The molecule has 0 amide bonds. The van der Waals surface area contributed by atoms with Gasteiger partial charge in [0.1, 0.15) is 5.82 Å². The summed E-state index contributed by atoms with van der Waals surface area (Å²) in [6.45, 7) is 3.81. The number of anilines is 2. The first kappa shape index (κ1) is 11.0. The number of nitrogen functional groups attached to an aromatic ring is 1. The lowest BCUT2D eigenvalue weighted by Crippen LogP contribution is -2.33. The van der Waals surface area contributed by atoms with Crippen molar-refractivity contribution in [3.05, 3.63) is 15.9 Å². The summed E-state index contributed by atoms with van der Waals surface area (Å²) in [4.78, 5) is 20.9. The van der Waals surface area contributed by atoms with E-state index in [2.05, 4.69) is 14.9 Å². The Morgan fingerprint density at radius 3 is 2.62 bits per heavy atom. The molecule has 1 aromatic rings. The van der Waals surface area contributed by atoms with Crippen LogP contribution >= 0.6 is 0 Å². The first-order chi connectivity index (χ1) is 7.72. The number of nitrogens with one attached hydrogen (secondary N) is 1. The molecule has 0 unspecified atom stereocenters. The second kappa shape index (κ2) is 4.55. The van der Waals surface area contributed by atoms with Crippen LogP contribution in [0.4, 0.5) is 11.8 Å². The summed E-state index contributed by atoms with van der Waals surface area (Å²) in [6.07, 6.45) is 4.18. The second-order valence-electron chi connectivity index (χ2n) is 4.15. The average molecular weight is 222 g/mol. The van der Waals surface area contributed by atoms with E-state index < -0.39 is 0 Å². The zero-order chi connectivity index (χ0) is 11.5. The molecule has 2 heterocycles. The van der Waals surface area contributed by atoms with Gasteiger partial charge in [-0.15, -0.1) is 0 Å². The zero-order valence-electron chi connectivity index (χ0n) is 9.62. The van der Waals surface area contributed by atoms with Crippen LogP contribution in [-0.2, 0) is 6.42 Å². The molecule has 1 aliphatic rings. The lowest BCUT2D eigenvalue weighted by atomic mass is 10.1. The van der Waals surface area contributed by atoms with Crippen molar-refractivity contribution in [1.29, 1.82) is 0 Å². The first-order valence-electron chi connectivity index (χ1n) is 5.86. The third kappa shape index (κ3) is 2.03. The minimum atomic E-state index is -0.101. The highest BCUT2D eigenvalue weighted by Gasteiger charge is 2.15. The Balaban J connectivity index is 2.31. The highest BCUT2D eigenvalue weighted by molar-refractivity contribution is 5.44. The maximum Gasteiger partial charge on any atom is 0.257 e. The van der Waals surface area contributed by atoms with Gasteiger partial charge in [-0.05, 0) is 25.7 Å². The van der Waals surface area contributed by atoms with E-state index >= 15 is 0 Å². The van der Waals surface area contributed by atoms with Crippen LogP contribution in [0.15, 0.2) is 4.79 Å². The standard InChI is InChI=1S/C11H18N4O/c1-2-8-9(12)13-11(14-10(8)16)15-6-4-3-5-7-15/h2-7H2,1H3,(H3,12,13,14,16). The number of piperidine rings is 1. The van der Waals surface area contributed by atoms with Gasteiger partial charge in [0.2, 0.25) is 5.95 Å². The van der Waals surface area contributed by atoms with Crippen molar-refractivity contribution in [3.63, 3.8) is 0 Å². The molecule has 1 aromatic heterocycles. The average Bonchev–Trinajstić information content (AvgIpc) is 2.30. The zero-order valence-corrected chi connectivity index (χ0v) is 9.62. The van der Waals surface area contributed by atoms with Crippen molar-refractivity contribution < 1.29 is 0 Å². The van der Waals surface area contributed by atoms with E-state index in [1.54, 1.807) is 0 Å². The van der Waals surface area contributed by atoms with Crippen LogP contribution in [0.2, 0.25) is 0 Å². The van der Waals surface area contributed by atoms with Crippen molar-refractivity contribution >= 4 is 11.8 Å². The van der Waals surface area contributed by atoms with Gasteiger partial charge in [-0.1, -0.05) is 6.92 Å². The van der Waals surface area contributed by atoms with Crippen LogP contribution in [0, 0.1) is 0 Å². The monoisotopic (exact) mass is 222 g/mol.